The van der Waals surface area contributed by atoms with Crippen molar-refractivity contribution in [1.82, 2.24) is 9.55 Å². The van der Waals surface area contributed by atoms with E-state index in [1.54, 1.807) is 6.20 Å². The van der Waals surface area contributed by atoms with Crippen LogP contribution in [0.15, 0.2) is 12.4 Å². The molecule has 1 heterocycles. The highest BCUT2D eigenvalue weighted by Crippen LogP contribution is 2.11. The molecule has 0 radical (unpaired) electrons. The molecule has 1 rings (SSSR count). The van der Waals surface area contributed by atoms with Gasteiger partial charge in [0.2, 0.25) is 0 Å². The number of nitrogens with zero attached hydrogens (tertiary/aromatic N) is 2. The predicted molar refractivity (Wildman–Crippen MR) is 69.8 cm³/mol. The minimum absolute atomic E-state index is 0.281. The topological polar surface area (TPSA) is 38.0 Å². The van der Waals surface area contributed by atoms with E-state index < -0.39 is 0 Å². The second-order valence-electron chi connectivity index (χ2n) is 4.42. The van der Waals surface area contributed by atoms with Crippen LogP contribution in [0.3, 0.4) is 0 Å². The van der Waals surface area contributed by atoms with Gasteiger partial charge < -0.3 is 9.67 Å². The molecule has 1 aromatic rings. The normalized spacial score (nSPS) is 13.3. The number of aromatic nitrogens is 2. The number of aliphatic hydroxyl groups excluding tert-OH is 1. The molecule has 0 aliphatic carbocycles. The molecule has 0 aliphatic rings. The summed E-state index contributed by atoms with van der Waals surface area (Å²) in [7, 11) is 0. The molecular formula is C12H22N2OS. The average molecular weight is 242 g/mol. The molecule has 0 bridgehead atoms. The van der Waals surface area contributed by atoms with Crippen LogP contribution < -0.4 is 0 Å². The number of hydrogen-bond acceptors (Lipinski definition) is 3. The summed E-state index contributed by atoms with van der Waals surface area (Å²) < 4.78 is 2.08. The summed E-state index contributed by atoms with van der Waals surface area (Å²) in [5, 5.41) is 9.88. The van der Waals surface area contributed by atoms with Gasteiger partial charge in [-0.1, -0.05) is 13.8 Å². The van der Waals surface area contributed by atoms with Crippen molar-refractivity contribution in [2.75, 3.05) is 11.5 Å². The van der Waals surface area contributed by atoms with Crippen molar-refractivity contribution in [1.29, 1.82) is 0 Å². The van der Waals surface area contributed by atoms with Gasteiger partial charge >= 0.3 is 0 Å². The minimum Gasteiger partial charge on any atom is -0.392 e. The van der Waals surface area contributed by atoms with Gasteiger partial charge in [0.15, 0.2) is 0 Å². The summed E-state index contributed by atoms with van der Waals surface area (Å²) in [6.45, 7) is 7.40. The van der Waals surface area contributed by atoms with Crippen molar-refractivity contribution in [2.45, 2.75) is 39.8 Å². The zero-order chi connectivity index (χ0) is 12.0. The number of hydrogen-bond donors (Lipinski definition) is 1. The molecule has 1 N–H and O–H groups in total. The van der Waals surface area contributed by atoms with E-state index in [4.69, 9.17) is 0 Å². The Labute approximate surface area is 102 Å². The van der Waals surface area contributed by atoms with Crippen LogP contribution in [-0.4, -0.2) is 32.3 Å². The second kappa shape index (κ2) is 6.97. The Morgan fingerprint density at radius 2 is 2.19 bits per heavy atom. The third kappa shape index (κ3) is 4.58. The van der Waals surface area contributed by atoms with E-state index in [-0.39, 0.29) is 6.10 Å². The van der Waals surface area contributed by atoms with Crippen molar-refractivity contribution in [2.24, 2.45) is 5.92 Å². The van der Waals surface area contributed by atoms with E-state index in [1.165, 1.54) is 0 Å². The lowest BCUT2D eigenvalue weighted by Gasteiger charge is -2.12. The van der Waals surface area contributed by atoms with Crippen molar-refractivity contribution < 1.29 is 5.11 Å². The van der Waals surface area contributed by atoms with Gasteiger partial charge in [-0.3, -0.25) is 0 Å². The lowest BCUT2D eigenvalue weighted by Crippen LogP contribution is -2.17. The van der Waals surface area contributed by atoms with Crippen LogP contribution in [0.2, 0.25) is 0 Å². The molecule has 92 valence electrons. The first-order valence-corrected chi connectivity index (χ1v) is 7.04. The molecule has 1 atom stereocenters. The number of aliphatic hydroxyl groups is 1. The minimum atomic E-state index is -0.281. The Morgan fingerprint density at radius 3 is 2.81 bits per heavy atom. The summed E-state index contributed by atoms with van der Waals surface area (Å²) in [6.07, 6.45) is 4.14. The molecule has 0 saturated carbocycles. The molecule has 1 unspecified atom stereocenters. The Kier molecular flexibility index (Phi) is 5.91. The maximum atomic E-state index is 9.88. The molecular weight excluding hydrogens is 220 g/mol. The van der Waals surface area contributed by atoms with Gasteiger partial charge in [-0.2, -0.15) is 11.8 Å². The Balaban J connectivity index is 2.31. The molecule has 0 spiro atoms. The first-order valence-electron chi connectivity index (χ1n) is 5.89. The highest BCUT2D eigenvalue weighted by atomic mass is 32.2. The third-order valence-corrected chi connectivity index (χ3v) is 3.84. The zero-order valence-electron chi connectivity index (χ0n) is 10.4. The molecule has 3 nitrogen and oxygen atoms in total. The highest BCUT2D eigenvalue weighted by Gasteiger charge is 2.10. The van der Waals surface area contributed by atoms with Crippen LogP contribution in [0.5, 0.6) is 0 Å². The summed E-state index contributed by atoms with van der Waals surface area (Å²) in [4.78, 5) is 4.26. The van der Waals surface area contributed by atoms with Crippen LogP contribution in [0.4, 0.5) is 0 Å². The largest absolute Gasteiger partial charge is 0.392 e. The number of thioether (sulfide) groups is 1. The molecule has 0 aliphatic heterocycles. The summed E-state index contributed by atoms with van der Waals surface area (Å²) >= 11 is 1.82. The van der Waals surface area contributed by atoms with Gasteiger partial charge in [0.05, 0.1) is 6.10 Å². The fourth-order valence-electron chi connectivity index (χ4n) is 1.53. The Hall–Kier alpha value is -0.480. The fraction of sp³-hybridized carbons (Fsp3) is 0.750. The maximum Gasteiger partial charge on any atom is 0.111 e. The smallest absolute Gasteiger partial charge is 0.111 e. The van der Waals surface area contributed by atoms with Crippen molar-refractivity contribution in [3.63, 3.8) is 0 Å². The van der Waals surface area contributed by atoms with Gasteiger partial charge in [-0.05, 0) is 18.6 Å². The molecule has 16 heavy (non-hydrogen) atoms. The van der Waals surface area contributed by atoms with E-state index >= 15 is 0 Å². The van der Waals surface area contributed by atoms with Crippen molar-refractivity contribution in [3.8, 4) is 0 Å². The van der Waals surface area contributed by atoms with E-state index in [1.807, 2.05) is 18.0 Å². The Morgan fingerprint density at radius 1 is 1.44 bits per heavy atom. The summed E-state index contributed by atoms with van der Waals surface area (Å²) in [5.74, 6) is 3.59. The number of imidazole rings is 1. The lowest BCUT2D eigenvalue weighted by molar-refractivity contribution is 0.196. The fourth-order valence-corrected chi connectivity index (χ4v) is 2.52. The zero-order valence-corrected chi connectivity index (χ0v) is 11.2. The number of rotatable bonds is 7. The summed E-state index contributed by atoms with van der Waals surface area (Å²) in [6, 6.07) is 0. The lowest BCUT2D eigenvalue weighted by atomic mass is 10.3. The standard InChI is InChI=1S/C12H22N2OS/c1-4-14-6-5-13-12(14)7-11(15)9-16-8-10(2)3/h5-6,10-11,15H,4,7-9H2,1-3H3. The van der Waals surface area contributed by atoms with Crippen LogP contribution in [-0.2, 0) is 13.0 Å². The van der Waals surface area contributed by atoms with Gasteiger partial charge in [0, 0.05) is 31.1 Å². The Bertz CT molecular complexity index is 299. The predicted octanol–water partition coefficient (Wildman–Crippen LogP) is 2.20. The van der Waals surface area contributed by atoms with Gasteiger partial charge in [0.1, 0.15) is 5.82 Å². The van der Waals surface area contributed by atoms with Crippen molar-refractivity contribution >= 4 is 11.8 Å². The average Bonchev–Trinajstić information content (AvgIpc) is 2.64. The first kappa shape index (κ1) is 13.6. The molecule has 0 saturated heterocycles. The summed E-state index contributed by atoms with van der Waals surface area (Å²) in [5.41, 5.74) is 0. The highest BCUT2D eigenvalue weighted by molar-refractivity contribution is 7.99. The van der Waals surface area contributed by atoms with E-state index in [0.29, 0.717) is 12.3 Å². The molecule has 0 fully saturated rings. The van der Waals surface area contributed by atoms with E-state index in [0.717, 1.165) is 23.9 Å². The maximum absolute atomic E-state index is 9.88. The van der Waals surface area contributed by atoms with Crippen LogP contribution in [0, 0.1) is 5.92 Å². The van der Waals surface area contributed by atoms with Gasteiger partial charge in [0.25, 0.3) is 0 Å². The van der Waals surface area contributed by atoms with Crippen LogP contribution in [0.1, 0.15) is 26.6 Å². The monoisotopic (exact) mass is 242 g/mol. The van der Waals surface area contributed by atoms with Gasteiger partial charge in [-0.15, -0.1) is 0 Å². The number of aryl methyl sites for hydroxylation is 1. The van der Waals surface area contributed by atoms with Crippen LogP contribution >= 0.6 is 11.8 Å². The first-order chi connectivity index (χ1) is 7.63. The molecule has 0 aromatic carbocycles. The third-order valence-electron chi connectivity index (χ3n) is 2.32. The molecule has 1 aromatic heterocycles. The van der Waals surface area contributed by atoms with E-state index in [2.05, 4.69) is 30.3 Å². The second-order valence-corrected chi connectivity index (χ2v) is 5.49. The van der Waals surface area contributed by atoms with Crippen molar-refractivity contribution in [3.05, 3.63) is 18.2 Å². The van der Waals surface area contributed by atoms with Gasteiger partial charge in [-0.25, -0.2) is 4.98 Å². The molecule has 4 heteroatoms. The van der Waals surface area contributed by atoms with E-state index in [9.17, 15) is 5.11 Å². The SMILES string of the molecule is CCn1ccnc1CC(O)CSCC(C)C. The molecule has 0 amide bonds. The quantitative estimate of drug-likeness (QED) is 0.796. The van der Waals surface area contributed by atoms with Crippen LogP contribution in [0.25, 0.3) is 0 Å².